The third-order valence-electron chi connectivity index (χ3n) is 5.35. The number of hydrogen-bond acceptors (Lipinski definition) is 5. The molecule has 0 saturated heterocycles. The summed E-state index contributed by atoms with van der Waals surface area (Å²) in [5.41, 5.74) is 9.29. The summed E-state index contributed by atoms with van der Waals surface area (Å²) in [5.74, 6) is 0.338. The van der Waals surface area contributed by atoms with Gasteiger partial charge in [-0.1, -0.05) is 43.7 Å². The summed E-state index contributed by atoms with van der Waals surface area (Å²) in [6, 6.07) is 21.5. The van der Waals surface area contributed by atoms with Gasteiger partial charge in [-0.25, -0.2) is 0 Å². The first-order chi connectivity index (χ1) is 16.5. The first-order valence-corrected chi connectivity index (χ1v) is 11.2. The molecule has 1 aromatic heterocycles. The average Bonchev–Trinajstić information content (AvgIpc) is 3.29. The number of carbonyl (C=O) groups excluding carboxylic acids is 2. The van der Waals surface area contributed by atoms with E-state index >= 15 is 0 Å². The maximum atomic E-state index is 12.5. The first-order valence-electron chi connectivity index (χ1n) is 11.2. The second-order valence-corrected chi connectivity index (χ2v) is 7.87. The van der Waals surface area contributed by atoms with Crippen molar-refractivity contribution < 1.29 is 18.7 Å². The molecule has 0 radical (unpaired) electrons. The topological polar surface area (TPSA) is 107 Å². The highest BCUT2D eigenvalue weighted by molar-refractivity contribution is 6.05. The molecule has 3 aromatic carbocycles. The fourth-order valence-electron chi connectivity index (χ4n) is 3.63. The molecule has 0 bridgehead atoms. The van der Waals surface area contributed by atoms with E-state index in [-0.39, 0.29) is 24.2 Å². The number of fused-ring (bicyclic) bond motifs is 1. The molecule has 7 heteroatoms. The van der Waals surface area contributed by atoms with Gasteiger partial charge in [0.1, 0.15) is 17.9 Å². The van der Waals surface area contributed by atoms with Crippen molar-refractivity contribution in [3.8, 4) is 5.75 Å². The lowest BCUT2D eigenvalue weighted by Gasteiger charge is -2.09. The molecule has 0 unspecified atom stereocenters. The zero-order chi connectivity index (χ0) is 23.9. The van der Waals surface area contributed by atoms with E-state index in [1.807, 2.05) is 18.2 Å². The van der Waals surface area contributed by atoms with Crippen molar-refractivity contribution in [2.24, 2.45) is 0 Å². The first kappa shape index (κ1) is 22.9. The second kappa shape index (κ2) is 10.6. The van der Waals surface area contributed by atoms with E-state index in [2.05, 4.69) is 17.6 Å². The Morgan fingerprint density at radius 3 is 2.53 bits per heavy atom. The maximum Gasteiger partial charge on any atom is 0.287 e. The van der Waals surface area contributed by atoms with Gasteiger partial charge in [0, 0.05) is 10.9 Å². The van der Waals surface area contributed by atoms with Crippen LogP contribution in [0.5, 0.6) is 5.75 Å². The Morgan fingerprint density at radius 2 is 1.76 bits per heavy atom. The fourth-order valence-corrected chi connectivity index (χ4v) is 3.63. The minimum atomic E-state index is -0.283. The van der Waals surface area contributed by atoms with Crippen molar-refractivity contribution in [1.82, 2.24) is 5.32 Å². The van der Waals surface area contributed by atoms with Crippen LogP contribution in [-0.2, 0) is 6.42 Å². The van der Waals surface area contributed by atoms with Crippen LogP contribution in [-0.4, -0.2) is 25.0 Å². The highest BCUT2D eigenvalue weighted by Crippen LogP contribution is 2.24. The average molecular weight is 458 g/mol. The summed E-state index contributed by atoms with van der Waals surface area (Å²) in [7, 11) is 0. The van der Waals surface area contributed by atoms with Crippen LogP contribution in [0.3, 0.4) is 0 Å². The molecule has 4 N–H and O–H groups in total. The zero-order valence-corrected chi connectivity index (χ0v) is 19.0. The predicted molar refractivity (Wildman–Crippen MR) is 133 cm³/mol. The van der Waals surface area contributed by atoms with Gasteiger partial charge in [-0.05, 0) is 54.4 Å². The number of anilines is 2. The van der Waals surface area contributed by atoms with Gasteiger partial charge in [0.15, 0.2) is 5.76 Å². The second-order valence-electron chi connectivity index (χ2n) is 7.87. The van der Waals surface area contributed by atoms with Gasteiger partial charge in [0.25, 0.3) is 11.8 Å². The molecule has 0 spiro atoms. The molecule has 0 aliphatic heterocycles. The molecule has 7 nitrogen and oxygen atoms in total. The van der Waals surface area contributed by atoms with Gasteiger partial charge in [-0.15, -0.1) is 0 Å². The minimum absolute atomic E-state index is 0.260. The van der Waals surface area contributed by atoms with Crippen LogP contribution < -0.4 is 21.1 Å². The normalized spacial score (nSPS) is 10.7. The minimum Gasteiger partial charge on any atom is -0.492 e. The number of nitrogens with one attached hydrogen (secondary N) is 2. The predicted octanol–water partition coefficient (Wildman–Crippen LogP) is 5.03. The van der Waals surface area contributed by atoms with E-state index in [0.29, 0.717) is 29.2 Å². The third kappa shape index (κ3) is 5.38. The van der Waals surface area contributed by atoms with E-state index in [4.69, 9.17) is 14.9 Å². The Kier molecular flexibility index (Phi) is 7.13. The largest absolute Gasteiger partial charge is 0.492 e. The van der Waals surface area contributed by atoms with Gasteiger partial charge in [-0.3, -0.25) is 9.59 Å². The molecule has 0 aliphatic carbocycles. The smallest absolute Gasteiger partial charge is 0.287 e. The van der Waals surface area contributed by atoms with E-state index in [9.17, 15) is 9.59 Å². The number of benzene rings is 3. The Balaban J connectivity index is 1.26. The van der Waals surface area contributed by atoms with Crippen LogP contribution in [0.15, 0.2) is 77.2 Å². The van der Waals surface area contributed by atoms with Crippen LogP contribution >= 0.6 is 0 Å². The number of furan rings is 1. The van der Waals surface area contributed by atoms with Gasteiger partial charge < -0.3 is 25.5 Å². The molecule has 1 heterocycles. The highest BCUT2D eigenvalue weighted by atomic mass is 16.5. The molecule has 0 fully saturated rings. The molecule has 174 valence electrons. The Labute approximate surface area is 197 Å². The molecule has 4 aromatic rings. The quantitative estimate of drug-likeness (QED) is 0.241. The number of para-hydroxylation sites is 3. The molecule has 0 saturated carbocycles. The van der Waals surface area contributed by atoms with Gasteiger partial charge in [-0.2, -0.15) is 0 Å². The van der Waals surface area contributed by atoms with E-state index in [1.54, 1.807) is 54.6 Å². The summed E-state index contributed by atoms with van der Waals surface area (Å²) < 4.78 is 11.5. The molecule has 0 aliphatic rings. The number of carbonyl (C=O) groups is 2. The number of nitrogens with two attached hydrogens (primary N) is 1. The van der Waals surface area contributed by atoms with E-state index in [1.165, 1.54) is 0 Å². The van der Waals surface area contributed by atoms with Gasteiger partial charge >= 0.3 is 0 Å². The summed E-state index contributed by atoms with van der Waals surface area (Å²) >= 11 is 0. The van der Waals surface area contributed by atoms with Crippen LogP contribution in [0.4, 0.5) is 11.4 Å². The Hall–Kier alpha value is -4.26. The maximum absolute atomic E-state index is 12.5. The summed E-state index contributed by atoms with van der Waals surface area (Å²) in [5, 5.41) is 6.52. The van der Waals surface area contributed by atoms with Crippen molar-refractivity contribution in [3.63, 3.8) is 0 Å². The van der Waals surface area contributed by atoms with Crippen molar-refractivity contribution in [2.75, 3.05) is 24.2 Å². The van der Waals surface area contributed by atoms with Crippen LogP contribution in [0.1, 0.15) is 39.8 Å². The summed E-state index contributed by atoms with van der Waals surface area (Å²) in [6.07, 6.45) is 1.91. The molecule has 4 rings (SSSR count). The third-order valence-corrected chi connectivity index (χ3v) is 5.35. The number of ether oxygens (including phenoxy) is 1. The van der Waals surface area contributed by atoms with Gasteiger partial charge in [0.2, 0.25) is 0 Å². The van der Waals surface area contributed by atoms with Crippen molar-refractivity contribution in [1.29, 1.82) is 0 Å². The zero-order valence-electron chi connectivity index (χ0n) is 19.0. The lowest BCUT2D eigenvalue weighted by atomic mass is 10.1. The molecular weight excluding hydrogens is 430 g/mol. The standard InChI is InChI=1S/C27H27N3O4/c1-2-6-18-7-5-8-20-17-24(34-25(18)20)27(32)29-15-16-33-21-13-11-19(12-14-21)26(31)30-23-10-4-3-9-22(23)28/h3-5,7-14,17H,2,6,15-16,28H2,1H3,(H,29,32)(H,30,31). The van der Waals surface area contributed by atoms with E-state index in [0.717, 1.165) is 29.4 Å². The molecule has 34 heavy (non-hydrogen) atoms. The molecule has 2 amide bonds. The molecular formula is C27H27N3O4. The Bertz CT molecular complexity index is 1290. The van der Waals surface area contributed by atoms with Crippen LogP contribution in [0.2, 0.25) is 0 Å². The monoisotopic (exact) mass is 457 g/mol. The number of rotatable bonds is 9. The number of amides is 2. The fraction of sp³-hybridized carbons (Fsp3) is 0.185. The van der Waals surface area contributed by atoms with Crippen molar-refractivity contribution >= 4 is 34.2 Å². The van der Waals surface area contributed by atoms with Gasteiger partial charge in [0.05, 0.1) is 17.9 Å². The Morgan fingerprint density at radius 1 is 0.971 bits per heavy atom. The van der Waals surface area contributed by atoms with Crippen LogP contribution in [0.25, 0.3) is 11.0 Å². The van der Waals surface area contributed by atoms with Crippen molar-refractivity contribution in [3.05, 3.63) is 89.7 Å². The molecule has 0 atom stereocenters. The van der Waals surface area contributed by atoms with E-state index < -0.39 is 0 Å². The summed E-state index contributed by atoms with van der Waals surface area (Å²) in [6.45, 7) is 2.70. The highest BCUT2D eigenvalue weighted by Gasteiger charge is 2.14. The number of hydrogen-bond donors (Lipinski definition) is 3. The lowest BCUT2D eigenvalue weighted by molar-refractivity contribution is 0.0920. The van der Waals surface area contributed by atoms with Crippen LogP contribution in [0, 0.1) is 0 Å². The summed E-state index contributed by atoms with van der Waals surface area (Å²) in [4.78, 5) is 24.9. The number of aryl methyl sites for hydroxylation is 1. The lowest BCUT2D eigenvalue weighted by Crippen LogP contribution is -2.27. The SMILES string of the molecule is CCCc1cccc2cc(C(=O)NCCOc3ccc(C(=O)Nc4ccccc4N)cc3)oc12. The number of nitrogen functional groups attached to an aromatic ring is 1. The van der Waals surface area contributed by atoms with Crippen molar-refractivity contribution in [2.45, 2.75) is 19.8 Å².